The molecule has 146 valence electrons. The smallest absolute Gasteiger partial charge is 0.340 e. The highest BCUT2D eigenvalue weighted by atomic mass is 16.5. The summed E-state index contributed by atoms with van der Waals surface area (Å²) in [5, 5.41) is 13.0. The number of hydrogen-bond donors (Lipinski definition) is 0. The zero-order chi connectivity index (χ0) is 20.6. The molecule has 0 aliphatic carbocycles. The molecule has 0 aliphatic rings. The SMILES string of the molecule is CC(OC(=O)c1ccc(-n2cccn2)nc1)C(=O)N(CCC#N)c1ccccc1. The van der Waals surface area contributed by atoms with E-state index in [9.17, 15) is 9.59 Å². The summed E-state index contributed by atoms with van der Waals surface area (Å²) in [5.41, 5.74) is 0.865. The molecule has 1 atom stereocenters. The van der Waals surface area contributed by atoms with Gasteiger partial charge >= 0.3 is 5.97 Å². The summed E-state index contributed by atoms with van der Waals surface area (Å²) in [4.78, 5) is 30.9. The van der Waals surface area contributed by atoms with E-state index in [0.717, 1.165) is 0 Å². The molecular weight excluding hydrogens is 370 g/mol. The summed E-state index contributed by atoms with van der Waals surface area (Å²) in [6, 6.07) is 16.0. The van der Waals surface area contributed by atoms with Crippen LogP contribution in [0.4, 0.5) is 5.69 Å². The molecule has 1 unspecified atom stereocenters. The van der Waals surface area contributed by atoms with Crippen molar-refractivity contribution in [2.75, 3.05) is 11.4 Å². The zero-order valence-electron chi connectivity index (χ0n) is 15.8. The van der Waals surface area contributed by atoms with Crippen molar-refractivity contribution in [3.05, 3.63) is 72.7 Å². The third kappa shape index (κ3) is 4.84. The normalized spacial score (nSPS) is 11.3. The standard InChI is InChI=1S/C21H19N5O3/c1-16(20(27)25(13-5-11-22)18-7-3-2-4-8-18)29-21(28)17-9-10-19(23-15-17)26-14-6-12-24-26/h2-4,6-10,12,14-16H,5,13H2,1H3. The van der Waals surface area contributed by atoms with E-state index >= 15 is 0 Å². The number of aromatic nitrogens is 3. The zero-order valence-corrected chi connectivity index (χ0v) is 15.8. The molecule has 1 amide bonds. The second kappa shape index (κ2) is 9.28. The lowest BCUT2D eigenvalue weighted by molar-refractivity contribution is -0.126. The Morgan fingerprint density at radius 2 is 2.00 bits per heavy atom. The van der Waals surface area contributed by atoms with Crippen molar-refractivity contribution in [1.82, 2.24) is 14.8 Å². The number of para-hydroxylation sites is 1. The second-order valence-corrected chi connectivity index (χ2v) is 6.14. The van der Waals surface area contributed by atoms with E-state index in [4.69, 9.17) is 10.00 Å². The molecule has 0 aliphatic heterocycles. The predicted octanol–water partition coefficient (Wildman–Crippen LogP) is 2.76. The van der Waals surface area contributed by atoms with Crippen molar-refractivity contribution in [1.29, 1.82) is 5.26 Å². The van der Waals surface area contributed by atoms with Crippen LogP contribution in [0.15, 0.2) is 67.1 Å². The Balaban J connectivity index is 1.68. The van der Waals surface area contributed by atoms with Crippen LogP contribution in [-0.2, 0) is 9.53 Å². The van der Waals surface area contributed by atoms with Crippen molar-refractivity contribution in [3.63, 3.8) is 0 Å². The maximum absolute atomic E-state index is 12.8. The lowest BCUT2D eigenvalue weighted by Crippen LogP contribution is -2.40. The van der Waals surface area contributed by atoms with Gasteiger partial charge in [0, 0.05) is 30.8 Å². The second-order valence-electron chi connectivity index (χ2n) is 6.14. The van der Waals surface area contributed by atoms with Crippen molar-refractivity contribution >= 4 is 17.6 Å². The van der Waals surface area contributed by atoms with Gasteiger partial charge in [-0.25, -0.2) is 14.5 Å². The highest BCUT2D eigenvalue weighted by molar-refractivity contribution is 5.99. The minimum atomic E-state index is -1.02. The number of nitrogens with zero attached hydrogens (tertiary/aromatic N) is 5. The molecule has 1 aromatic carbocycles. The Bertz CT molecular complexity index is 995. The van der Waals surface area contributed by atoms with E-state index in [-0.39, 0.29) is 18.5 Å². The van der Waals surface area contributed by atoms with Crippen LogP contribution in [0.3, 0.4) is 0 Å². The van der Waals surface area contributed by atoms with Crippen molar-refractivity contribution in [2.45, 2.75) is 19.4 Å². The number of nitriles is 1. The van der Waals surface area contributed by atoms with Gasteiger partial charge in [-0.2, -0.15) is 10.4 Å². The van der Waals surface area contributed by atoms with Gasteiger partial charge in [0.1, 0.15) is 0 Å². The van der Waals surface area contributed by atoms with Gasteiger partial charge in [-0.15, -0.1) is 0 Å². The lowest BCUT2D eigenvalue weighted by atomic mass is 10.2. The van der Waals surface area contributed by atoms with E-state index in [1.165, 1.54) is 18.0 Å². The Kier molecular flexibility index (Phi) is 6.32. The van der Waals surface area contributed by atoms with E-state index in [1.54, 1.807) is 59.5 Å². The first-order chi connectivity index (χ1) is 14.1. The van der Waals surface area contributed by atoms with Crippen LogP contribution in [0.25, 0.3) is 5.82 Å². The summed E-state index contributed by atoms with van der Waals surface area (Å²) >= 11 is 0. The molecule has 0 saturated carbocycles. The molecule has 0 N–H and O–H groups in total. The molecule has 2 heterocycles. The van der Waals surface area contributed by atoms with Crippen LogP contribution in [0.5, 0.6) is 0 Å². The predicted molar refractivity (Wildman–Crippen MR) is 105 cm³/mol. The molecule has 3 aromatic rings. The number of anilines is 1. The van der Waals surface area contributed by atoms with Crippen molar-refractivity contribution < 1.29 is 14.3 Å². The average Bonchev–Trinajstić information content (AvgIpc) is 3.29. The van der Waals surface area contributed by atoms with Crippen molar-refractivity contribution in [3.8, 4) is 11.9 Å². The number of pyridine rings is 1. The maximum Gasteiger partial charge on any atom is 0.340 e. The van der Waals surface area contributed by atoms with E-state index in [1.807, 2.05) is 12.1 Å². The Hall–Kier alpha value is -3.99. The van der Waals surface area contributed by atoms with Gasteiger partial charge in [0.2, 0.25) is 0 Å². The van der Waals surface area contributed by atoms with Gasteiger partial charge < -0.3 is 9.64 Å². The largest absolute Gasteiger partial charge is 0.449 e. The number of benzene rings is 1. The lowest BCUT2D eigenvalue weighted by Gasteiger charge is -2.25. The first-order valence-corrected chi connectivity index (χ1v) is 9.00. The van der Waals surface area contributed by atoms with E-state index < -0.39 is 18.0 Å². The van der Waals surface area contributed by atoms with Crippen LogP contribution in [0, 0.1) is 11.3 Å². The minimum absolute atomic E-state index is 0.167. The van der Waals surface area contributed by atoms with Gasteiger partial charge in [0.15, 0.2) is 11.9 Å². The van der Waals surface area contributed by atoms with Crippen LogP contribution < -0.4 is 4.90 Å². The van der Waals surface area contributed by atoms with Crippen LogP contribution >= 0.6 is 0 Å². The third-order valence-corrected chi connectivity index (χ3v) is 4.14. The summed E-state index contributed by atoms with van der Waals surface area (Å²) in [7, 11) is 0. The number of carbonyl (C=O) groups is 2. The molecule has 0 radical (unpaired) electrons. The quantitative estimate of drug-likeness (QED) is 0.576. The summed E-state index contributed by atoms with van der Waals surface area (Å²) in [6.45, 7) is 1.72. The number of rotatable bonds is 7. The first-order valence-electron chi connectivity index (χ1n) is 9.00. The maximum atomic E-state index is 12.8. The monoisotopic (exact) mass is 389 g/mol. The Labute approximate surface area is 168 Å². The Morgan fingerprint density at radius 3 is 2.62 bits per heavy atom. The minimum Gasteiger partial charge on any atom is -0.449 e. The number of ether oxygens (including phenoxy) is 1. The summed E-state index contributed by atoms with van der Waals surface area (Å²) in [6.07, 6.45) is 3.89. The molecule has 2 aromatic heterocycles. The van der Waals surface area contributed by atoms with Gasteiger partial charge in [0.25, 0.3) is 5.91 Å². The first kappa shape index (κ1) is 19.8. The Morgan fingerprint density at radius 1 is 1.21 bits per heavy atom. The summed E-state index contributed by atoms with van der Waals surface area (Å²) in [5.74, 6) is -0.498. The molecule has 0 fully saturated rings. The molecule has 3 rings (SSSR count). The number of amides is 1. The molecule has 0 bridgehead atoms. The number of esters is 1. The molecule has 8 nitrogen and oxygen atoms in total. The van der Waals surface area contributed by atoms with E-state index in [0.29, 0.717) is 11.5 Å². The molecule has 29 heavy (non-hydrogen) atoms. The summed E-state index contributed by atoms with van der Waals surface area (Å²) < 4.78 is 6.90. The fraction of sp³-hybridized carbons (Fsp3) is 0.190. The molecule has 0 spiro atoms. The fourth-order valence-corrected chi connectivity index (χ4v) is 2.68. The topological polar surface area (TPSA) is 101 Å². The van der Waals surface area contributed by atoms with Gasteiger partial charge in [-0.1, -0.05) is 18.2 Å². The molecule has 8 heteroatoms. The van der Waals surface area contributed by atoms with Gasteiger partial charge in [0.05, 0.1) is 18.1 Å². The fourth-order valence-electron chi connectivity index (χ4n) is 2.68. The van der Waals surface area contributed by atoms with Crippen LogP contribution in [0.1, 0.15) is 23.7 Å². The van der Waals surface area contributed by atoms with Gasteiger partial charge in [-0.05, 0) is 37.3 Å². The van der Waals surface area contributed by atoms with Crippen LogP contribution in [-0.4, -0.2) is 39.3 Å². The highest BCUT2D eigenvalue weighted by Gasteiger charge is 2.25. The third-order valence-electron chi connectivity index (χ3n) is 4.14. The average molecular weight is 389 g/mol. The highest BCUT2D eigenvalue weighted by Crippen LogP contribution is 2.17. The van der Waals surface area contributed by atoms with E-state index in [2.05, 4.69) is 10.1 Å². The van der Waals surface area contributed by atoms with Crippen LogP contribution in [0.2, 0.25) is 0 Å². The van der Waals surface area contributed by atoms with Crippen molar-refractivity contribution in [2.24, 2.45) is 0 Å². The molecule has 0 saturated heterocycles. The number of carbonyl (C=O) groups excluding carboxylic acids is 2. The number of hydrogen-bond acceptors (Lipinski definition) is 6. The van der Waals surface area contributed by atoms with Gasteiger partial charge in [-0.3, -0.25) is 4.79 Å². The molecular formula is C21H19N5O3.